The molecule has 4 nitrogen and oxygen atoms in total. The molecule has 0 amide bonds. The number of halogens is 1. The van der Waals surface area contributed by atoms with Gasteiger partial charge in [-0.3, -0.25) is 0 Å². The number of para-hydroxylation sites is 1. The van der Waals surface area contributed by atoms with Crippen molar-refractivity contribution in [1.82, 2.24) is 4.98 Å². The second-order valence-corrected chi connectivity index (χ2v) is 3.88. The summed E-state index contributed by atoms with van der Waals surface area (Å²) in [6.07, 6.45) is 0.495. The zero-order valence-electron chi connectivity index (χ0n) is 10.2. The van der Waals surface area contributed by atoms with E-state index in [4.69, 9.17) is 9.47 Å². The molecule has 0 aliphatic heterocycles. The third-order valence-corrected chi connectivity index (χ3v) is 2.81. The summed E-state index contributed by atoms with van der Waals surface area (Å²) < 4.78 is 23.4. The number of rotatable bonds is 4. The monoisotopic (exact) mass is 251 g/mol. The number of hydrogen-bond acceptors (Lipinski definition) is 3. The van der Waals surface area contributed by atoms with Gasteiger partial charge in [0.05, 0.1) is 24.8 Å². The maximum absolute atomic E-state index is 13.7. The molecule has 0 bridgehead atoms. The predicted molar refractivity (Wildman–Crippen MR) is 65.2 cm³/mol. The van der Waals surface area contributed by atoms with Gasteiger partial charge in [-0.1, -0.05) is 12.1 Å². The van der Waals surface area contributed by atoms with Crippen LogP contribution in [0.25, 0.3) is 10.9 Å². The summed E-state index contributed by atoms with van der Waals surface area (Å²) in [4.78, 5) is 14.7. The average molecular weight is 251 g/mol. The minimum Gasteiger partial charge on any atom is -0.465 e. The molecular formula is C13H14FNO3. The molecule has 5 heteroatoms. The van der Waals surface area contributed by atoms with Gasteiger partial charge in [0.1, 0.15) is 5.82 Å². The van der Waals surface area contributed by atoms with Crippen molar-refractivity contribution in [2.75, 3.05) is 20.8 Å². The van der Waals surface area contributed by atoms with Crippen molar-refractivity contribution in [1.29, 1.82) is 0 Å². The highest BCUT2D eigenvalue weighted by molar-refractivity contribution is 6.05. The first-order valence-electron chi connectivity index (χ1n) is 5.55. The van der Waals surface area contributed by atoms with Gasteiger partial charge in [0.2, 0.25) is 0 Å². The Balaban J connectivity index is 2.60. The molecule has 0 atom stereocenters. The lowest BCUT2D eigenvalue weighted by Gasteiger charge is -2.02. The molecule has 1 aromatic heterocycles. The summed E-state index contributed by atoms with van der Waals surface area (Å²) in [6.45, 7) is 0.443. The molecule has 0 aliphatic carbocycles. The van der Waals surface area contributed by atoms with Crippen molar-refractivity contribution in [2.24, 2.45) is 0 Å². The largest absolute Gasteiger partial charge is 0.465 e. The lowest BCUT2D eigenvalue weighted by Crippen LogP contribution is -2.06. The molecule has 0 saturated heterocycles. The third-order valence-electron chi connectivity index (χ3n) is 2.81. The van der Waals surface area contributed by atoms with Crippen molar-refractivity contribution in [3.05, 3.63) is 35.3 Å². The van der Waals surface area contributed by atoms with E-state index in [9.17, 15) is 9.18 Å². The quantitative estimate of drug-likeness (QED) is 0.848. The standard InChI is InChI=1S/C13H14FNO3/c1-17-7-6-10-11(13(16)18-2)8-4-3-5-9(14)12(8)15-10/h3-5,15H,6-7H2,1-2H3. The van der Waals surface area contributed by atoms with Gasteiger partial charge in [0.15, 0.2) is 0 Å². The molecule has 2 aromatic rings. The number of ether oxygens (including phenoxy) is 2. The Morgan fingerprint density at radius 2 is 2.17 bits per heavy atom. The van der Waals surface area contributed by atoms with Crippen LogP contribution in [-0.2, 0) is 15.9 Å². The van der Waals surface area contributed by atoms with Gasteiger partial charge >= 0.3 is 5.97 Å². The van der Waals surface area contributed by atoms with E-state index in [1.54, 1.807) is 19.2 Å². The highest BCUT2D eigenvalue weighted by Crippen LogP contribution is 2.25. The SMILES string of the molecule is COCCc1[nH]c2c(F)cccc2c1C(=O)OC. The molecule has 0 radical (unpaired) electrons. The van der Waals surface area contributed by atoms with Gasteiger partial charge < -0.3 is 14.5 Å². The summed E-state index contributed by atoms with van der Waals surface area (Å²) in [5.41, 5.74) is 1.33. The van der Waals surface area contributed by atoms with E-state index in [0.29, 0.717) is 35.2 Å². The van der Waals surface area contributed by atoms with Crippen LogP contribution < -0.4 is 0 Å². The number of H-pyrrole nitrogens is 1. The van der Waals surface area contributed by atoms with Crippen molar-refractivity contribution in [2.45, 2.75) is 6.42 Å². The Labute approximate surface area is 104 Å². The normalized spacial score (nSPS) is 10.8. The first-order valence-corrected chi connectivity index (χ1v) is 5.55. The van der Waals surface area contributed by atoms with Crippen LogP contribution in [0.1, 0.15) is 16.1 Å². The van der Waals surface area contributed by atoms with Crippen LogP contribution in [0.3, 0.4) is 0 Å². The Morgan fingerprint density at radius 3 is 2.83 bits per heavy atom. The highest BCUT2D eigenvalue weighted by atomic mass is 19.1. The van der Waals surface area contributed by atoms with Gasteiger partial charge in [-0.05, 0) is 6.07 Å². The zero-order valence-corrected chi connectivity index (χ0v) is 10.2. The summed E-state index contributed by atoms with van der Waals surface area (Å²) in [5.74, 6) is -0.862. The highest BCUT2D eigenvalue weighted by Gasteiger charge is 2.20. The fourth-order valence-electron chi connectivity index (χ4n) is 1.96. The summed E-state index contributed by atoms with van der Waals surface area (Å²) in [6, 6.07) is 4.61. The number of aromatic amines is 1. The van der Waals surface area contributed by atoms with Crippen molar-refractivity contribution < 1.29 is 18.7 Å². The van der Waals surface area contributed by atoms with Crippen LogP contribution in [0.2, 0.25) is 0 Å². The summed E-state index contributed by atoms with van der Waals surface area (Å²) >= 11 is 0. The van der Waals surface area contributed by atoms with Crippen LogP contribution >= 0.6 is 0 Å². The molecule has 18 heavy (non-hydrogen) atoms. The third kappa shape index (κ3) is 2.09. The fourth-order valence-corrected chi connectivity index (χ4v) is 1.96. The smallest absolute Gasteiger partial charge is 0.340 e. The van der Waals surface area contributed by atoms with Gasteiger partial charge in [-0.2, -0.15) is 0 Å². The topological polar surface area (TPSA) is 51.3 Å². The Bertz CT molecular complexity index is 577. The number of benzene rings is 1. The van der Waals surface area contributed by atoms with Gasteiger partial charge in [0.25, 0.3) is 0 Å². The number of fused-ring (bicyclic) bond motifs is 1. The molecule has 0 fully saturated rings. The second-order valence-electron chi connectivity index (χ2n) is 3.88. The Kier molecular flexibility index (Phi) is 3.62. The van der Waals surface area contributed by atoms with E-state index >= 15 is 0 Å². The molecule has 1 N–H and O–H groups in total. The average Bonchev–Trinajstić information content (AvgIpc) is 2.75. The number of carbonyl (C=O) groups excluding carboxylic acids is 1. The summed E-state index contributed by atoms with van der Waals surface area (Å²) in [7, 11) is 2.88. The van der Waals surface area contributed by atoms with E-state index in [1.165, 1.54) is 13.2 Å². The van der Waals surface area contributed by atoms with E-state index < -0.39 is 5.97 Å². The van der Waals surface area contributed by atoms with Crippen LogP contribution in [-0.4, -0.2) is 31.8 Å². The Morgan fingerprint density at radius 1 is 1.39 bits per heavy atom. The molecule has 0 spiro atoms. The van der Waals surface area contributed by atoms with Crippen molar-refractivity contribution in [3.63, 3.8) is 0 Å². The fraction of sp³-hybridized carbons (Fsp3) is 0.308. The molecule has 0 unspecified atom stereocenters. The molecule has 96 valence electrons. The van der Waals surface area contributed by atoms with Crippen LogP contribution in [0.5, 0.6) is 0 Å². The molecule has 0 saturated carbocycles. The number of aromatic nitrogens is 1. The van der Waals surface area contributed by atoms with Crippen LogP contribution in [0.15, 0.2) is 18.2 Å². The van der Waals surface area contributed by atoms with E-state index in [2.05, 4.69) is 4.98 Å². The van der Waals surface area contributed by atoms with Crippen molar-refractivity contribution >= 4 is 16.9 Å². The maximum atomic E-state index is 13.7. The number of hydrogen-bond donors (Lipinski definition) is 1. The van der Waals surface area contributed by atoms with E-state index in [1.807, 2.05) is 0 Å². The van der Waals surface area contributed by atoms with Crippen LogP contribution in [0, 0.1) is 5.82 Å². The first kappa shape index (κ1) is 12.6. The number of carbonyl (C=O) groups is 1. The minimum atomic E-state index is -0.474. The molecule has 1 heterocycles. The van der Waals surface area contributed by atoms with Crippen molar-refractivity contribution in [3.8, 4) is 0 Å². The minimum absolute atomic E-state index is 0.323. The number of nitrogens with one attached hydrogen (secondary N) is 1. The maximum Gasteiger partial charge on any atom is 0.340 e. The van der Waals surface area contributed by atoms with E-state index in [0.717, 1.165) is 0 Å². The second kappa shape index (κ2) is 5.18. The summed E-state index contributed by atoms with van der Waals surface area (Å²) in [5, 5.41) is 0.535. The van der Waals surface area contributed by atoms with Gasteiger partial charge in [-0.15, -0.1) is 0 Å². The molecule has 0 aliphatic rings. The predicted octanol–water partition coefficient (Wildman–Crippen LogP) is 2.28. The zero-order chi connectivity index (χ0) is 13.1. The Hall–Kier alpha value is -1.88. The molecule has 2 rings (SSSR count). The molecule has 1 aromatic carbocycles. The lowest BCUT2D eigenvalue weighted by molar-refractivity contribution is 0.0601. The number of methoxy groups -OCH3 is 2. The first-order chi connectivity index (χ1) is 8.69. The van der Waals surface area contributed by atoms with E-state index in [-0.39, 0.29) is 5.82 Å². The van der Waals surface area contributed by atoms with Gasteiger partial charge in [-0.25, -0.2) is 9.18 Å². The number of esters is 1. The van der Waals surface area contributed by atoms with Crippen LogP contribution in [0.4, 0.5) is 4.39 Å². The lowest BCUT2D eigenvalue weighted by atomic mass is 10.1. The molecular weight excluding hydrogens is 237 g/mol. The van der Waals surface area contributed by atoms with Gasteiger partial charge in [0, 0.05) is 24.6 Å².